The number of aromatic nitrogens is 2. The van der Waals surface area contributed by atoms with Crippen LogP contribution in [0.15, 0.2) is 29.1 Å². The van der Waals surface area contributed by atoms with Crippen LogP contribution in [0, 0.1) is 6.92 Å². The van der Waals surface area contributed by atoms with Crippen molar-refractivity contribution >= 4 is 0 Å². The first-order chi connectivity index (χ1) is 14.4. The van der Waals surface area contributed by atoms with Crippen LogP contribution in [0.3, 0.4) is 0 Å². The fourth-order valence-electron chi connectivity index (χ4n) is 5.91. The Labute approximate surface area is 177 Å². The highest BCUT2D eigenvalue weighted by Crippen LogP contribution is 2.43. The number of aliphatic hydroxyl groups is 1. The molecule has 1 N–H and O–H groups in total. The second-order valence-electron chi connectivity index (χ2n) is 9.45. The molecule has 30 heavy (non-hydrogen) atoms. The minimum Gasteiger partial charge on any atom is -0.496 e. The van der Waals surface area contributed by atoms with Crippen LogP contribution < -0.4 is 10.3 Å². The molecule has 0 spiro atoms. The molecule has 2 atom stereocenters. The summed E-state index contributed by atoms with van der Waals surface area (Å²) in [5, 5.41) is 15.7. The van der Waals surface area contributed by atoms with Gasteiger partial charge in [0.25, 0.3) is 5.56 Å². The predicted octanol–water partition coefficient (Wildman–Crippen LogP) is 2.61. The van der Waals surface area contributed by atoms with Crippen molar-refractivity contribution in [1.29, 1.82) is 0 Å². The highest BCUT2D eigenvalue weighted by Gasteiger charge is 2.48. The number of fused-ring (bicyclic) bond motifs is 3. The molecule has 6 heteroatoms. The predicted molar refractivity (Wildman–Crippen MR) is 115 cm³/mol. The third-order valence-electron chi connectivity index (χ3n) is 7.29. The van der Waals surface area contributed by atoms with Gasteiger partial charge in [0.15, 0.2) is 0 Å². The number of piperidine rings is 1. The standard InChI is InChI=1S/C24H31N3O3/c1-16-6-9-23(28)27(25-16)15-24(29)12-20-7-8-21(13-24)26(20)14-19-10-17-4-3-5-18(17)11-22(19)30-2/h6,9-11,20-21,29H,3-5,7-8,12-15H2,1-2H3. The van der Waals surface area contributed by atoms with Crippen LogP contribution in [0.5, 0.6) is 5.75 Å². The van der Waals surface area contributed by atoms with Crippen LogP contribution in [0.1, 0.15) is 54.5 Å². The molecule has 1 aliphatic carbocycles. The van der Waals surface area contributed by atoms with E-state index in [0.29, 0.717) is 24.9 Å². The van der Waals surface area contributed by atoms with Gasteiger partial charge in [0, 0.05) is 30.3 Å². The third kappa shape index (κ3) is 3.56. The molecule has 2 bridgehead atoms. The van der Waals surface area contributed by atoms with Crippen molar-refractivity contribution in [3.05, 3.63) is 57.0 Å². The number of methoxy groups -OCH3 is 1. The molecule has 2 saturated heterocycles. The second kappa shape index (κ2) is 7.50. The monoisotopic (exact) mass is 409 g/mol. The quantitative estimate of drug-likeness (QED) is 0.822. The smallest absolute Gasteiger partial charge is 0.266 e. The minimum atomic E-state index is -0.880. The summed E-state index contributed by atoms with van der Waals surface area (Å²) >= 11 is 0. The average Bonchev–Trinajstić information content (AvgIpc) is 3.26. The summed E-state index contributed by atoms with van der Waals surface area (Å²) in [6, 6.07) is 8.49. The zero-order valence-corrected chi connectivity index (χ0v) is 17.9. The number of hydrogen-bond donors (Lipinski definition) is 1. The van der Waals surface area contributed by atoms with Gasteiger partial charge in [-0.15, -0.1) is 0 Å². The molecule has 5 rings (SSSR count). The molecule has 2 aromatic rings. The highest BCUT2D eigenvalue weighted by molar-refractivity contribution is 5.45. The fraction of sp³-hybridized carbons (Fsp3) is 0.583. The van der Waals surface area contributed by atoms with E-state index in [1.165, 1.54) is 33.9 Å². The molecular formula is C24H31N3O3. The fourth-order valence-corrected chi connectivity index (χ4v) is 5.91. The van der Waals surface area contributed by atoms with Crippen LogP contribution in [0.25, 0.3) is 0 Å². The van der Waals surface area contributed by atoms with Crippen molar-refractivity contribution in [2.75, 3.05) is 7.11 Å². The maximum absolute atomic E-state index is 12.2. The Bertz CT molecular complexity index is 1000. The lowest BCUT2D eigenvalue weighted by molar-refractivity contribution is -0.0678. The Balaban J connectivity index is 1.35. The Kier molecular flexibility index (Phi) is 4.94. The molecule has 6 nitrogen and oxygen atoms in total. The maximum Gasteiger partial charge on any atom is 0.266 e. The SMILES string of the molecule is COc1cc2c(cc1CN1C3CCC1CC(O)(Cn1nc(C)ccc1=O)C3)CCC2. The average molecular weight is 410 g/mol. The summed E-state index contributed by atoms with van der Waals surface area (Å²) in [6.45, 7) is 3.01. The van der Waals surface area contributed by atoms with Gasteiger partial charge >= 0.3 is 0 Å². The third-order valence-corrected chi connectivity index (χ3v) is 7.29. The van der Waals surface area contributed by atoms with Crippen molar-refractivity contribution in [2.24, 2.45) is 0 Å². The molecule has 3 aliphatic rings. The maximum atomic E-state index is 12.2. The number of aryl methyl sites for hydroxylation is 3. The Morgan fingerprint density at radius 2 is 1.87 bits per heavy atom. The lowest BCUT2D eigenvalue weighted by atomic mass is 9.85. The minimum absolute atomic E-state index is 0.147. The molecule has 0 radical (unpaired) electrons. The van der Waals surface area contributed by atoms with E-state index in [1.807, 2.05) is 6.92 Å². The summed E-state index contributed by atoms with van der Waals surface area (Å²) in [6.07, 6.45) is 7.10. The zero-order chi connectivity index (χ0) is 20.9. The number of ether oxygens (including phenoxy) is 1. The van der Waals surface area contributed by atoms with Gasteiger partial charge in [-0.25, -0.2) is 4.68 Å². The van der Waals surface area contributed by atoms with Crippen LogP contribution in [0.2, 0.25) is 0 Å². The highest BCUT2D eigenvalue weighted by atomic mass is 16.5. The van der Waals surface area contributed by atoms with Crippen LogP contribution in [-0.2, 0) is 25.9 Å². The van der Waals surface area contributed by atoms with Crippen molar-refractivity contribution in [2.45, 2.75) is 82.6 Å². The number of rotatable bonds is 5. The Morgan fingerprint density at radius 3 is 2.57 bits per heavy atom. The summed E-state index contributed by atoms with van der Waals surface area (Å²) in [5.74, 6) is 0.992. The molecule has 2 aliphatic heterocycles. The van der Waals surface area contributed by atoms with E-state index < -0.39 is 5.60 Å². The van der Waals surface area contributed by atoms with Crippen LogP contribution in [0.4, 0.5) is 0 Å². The molecule has 0 saturated carbocycles. The lowest BCUT2D eigenvalue weighted by Gasteiger charge is -2.44. The van der Waals surface area contributed by atoms with E-state index in [0.717, 1.165) is 43.7 Å². The van der Waals surface area contributed by atoms with Crippen molar-refractivity contribution in [1.82, 2.24) is 14.7 Å². The van der Waals surface area contributed by atoms with Gasteiger partial charge in [0.05, 0.1) is 24.9 Å². The molecule has 1 aromatic carbocycles. The van der Waals surface area contributed by atoms with Gasteiger partial charge < -0.3 is 9.84 Å². The van der Waals surface area contributed by atoms with Gasteiger partial charge in [-0.3, -0.25) is 9.69 Å². The molecular weight excluding hydrogens is 378 g/mol. The molecule has 160 valence electrons. The normalized spacial score (nSPS) is 28.0. The van der Waals surface area contributed by atoms with Crippen molar-refractivity contribution < 1.29 is 9.84 Å². The van der Waals surface area contributed by atoms with E-state index in [-0.39, 0.29) is 12.1 Å². The van der Waals surface area contributed by atoms with Gasteiger partial charge in [-0.1, -0.05) is 6.07 Å². The van der Waals surface area contributed by atoms with Crippen molar-refractivity contribution in [3.63, 3.8) is 0 Å². The first kappa shape index (κ1) is 19.8. The van der Waals surface area contributed by atoms with Crippen LogP contribution in [-0.4, -0.2) is 44.6 Å². The lowest BCUT2D eigenvalue weighted by Crippen LogP contribution is -2.53. The van der Waals surface area contributed by atoms with Crippen molar-refractivity contribution in [3.8, 4) is 5.75 Å². The van der Waals surface area contributed by atoms with Gasteiger partial charge in [0.2, 0.25) is 0 Å². The molecule has 2 unspecified atom stereocenters. The molecule has 3 heterocycles. The van der Waals surface area contributed by atoms with E-state index in [9.17, 15) is 9.90 Å². The summed E-state index contributed by atoms with van der Waals surface area (Å²) in [4.78, 5) is 14.8. The topological polar surface area (TPSA) is 67.6 Å². The van der Waals surface area contributed by atoms with E-state index in [4.69, 9.17) is 4.74 Å². The zero-order valence-electron chi connectivity index (χ0n) is 17.9. The van der Waals surface area contributed by atoms with E-state index >= 15 is 0 Å². The van der Waals surface area contributed by atoms with Crippen LogP contribution >= 0.6 is 0 Å². The van der Waals surface area contributed by atoms with Gasteiger partial charge in [-0.2, -0.15) is 5.10 Å². The second-order valence-corrected chi connectivity index (χ2v) is 9.45. The van der Waals surface area contributed by atoms with E-state index in [1.54, 1.807) is 13.2 Å². The Hall–Kier alpha value is -2.18. The first-order valence-corrected chi connectivity index (χ1v) is 11.2. The van der Waals surface area contributed by atoms with Gasteiger partial charge in [0.1, 0.15) is 5.75 Å². The number of benzene rings is 1. The summed E-state index contributed by atoms with van der Waals surface area (Å²) < 4.78 is 7.16. The number of nitrogens with zero attached hydrogens (tertiary/aromatic N) is 3. The Morgan fingerprint density at radius 1 is 1.17 bits per heavy atom. The molecule has 1 aromatic heterocycles. The molecule has 2 fully saturated rings. The van der Waals surface area contributed by atoms with Gasteiger partial charge in [-0.05, 0) is 75.1 Å². The van der Waals surface area contributed by atoms with E-state index in [2.05, 4.69) is 22.1 Å². The summed E-state index contributed by atoms with van der Waals surface area (Å²) in [7, 11) is 1.76. The summed E-state index contributed by atoms with van der Waals surface area (Å²) in [5.41, 5.74) is 3.93. The first-order valence-electron chi connectivity index (χ1n) is 11.2. The largest absolute Gasteiger partial charge is 0.496 e. The number of hydrogen-bond acceptors (Lipinski definition) is 5. The molecule has 0 amide bonds.